The average Bonchev–Trinajstić information content (AvgIpc) is 3.73. The number of carbonyl (C=O) groups excluding carboxylic acids is 3. The highest BCUT2D eigenvalue weighted by molar-refractivity contribution is 5.96. The number of carbonyl (C=O) groups is 4. The molecule has 0 saturated carbocycles. The third-order valence-electron chi connectivity index (χ3n) is 8.27. The molecule has 2 aliphatic rings. The van der Waals surface area contributed by atoms with Crippen LogP contribution in [0.1, 0.15) is 84.6 Å². The van der Waals surface area contributed by atoms with Gasteiger partial charge >= 0.3 is 18.0 Å². The number of rotatable bonds is 7. The summed E-state index contributed by atoms with van der Waals surface area (Å²) >= 11 is 0. The van der Waals surface area contributed by atoms with Gasteiger partial charge in [-0.25, -0.2) is 19.4 Å². The normalized spacial score (nSPS) is 14.1. The molecule has 0 saturated heterocycles. The number of aromatic carboxylic acids is 1. The van der Waals surface area contributed by atoms with Crippen LogP contribution in [0.5, 0.6) is 0 Å². The number of urea groups is 1. The van der Waals surface area contributed by atoms with Gasteiger partial charge in [0.2, 0.25) is 0 Å². The predicted octanol–water partition coefficient (Wildman–Crippen LogP) is 3.79. The number of carboxylic acids is 1. The van der Waals surface area contributed by atoms with E-state index in [9.17, 15) is 24.3 Å². The highest BCUT2D eigenvalue weighted by Gasteiger charge is 2.29. The molecule has 14 nitrogen and oxygen atoms in total. The predicted molar refractivity (Wildman–Crippen MR) is 185 cm³/mol. The summed E-state index contributed by atoms with van der Waals surface area (Å²) in [4.78, 5) is 57.6. The Balaban J connectivity index is 0.000000307. The number of nitrogens with zero attached hydrogens (tertiary/aromatic N) is 5. The molecule has 3 heterocycles. The fourth-order valence-corrected chi connectivity index (χ4v) is 5.85. The Morgan fingerprint density at radius 3 is 2.61 bits per heavy atom. The third kappa shape index (κ3) is 8.21. The van der Waals surface area contributed by atoms with Gasteiger partial charge in [-0.05, 0) is 65.6 Å². The zero-order valence-corrected chi connectivity index (χ0v) is 27.4. The van der Waals surface area contributed by atoms with Crippen LogP contribution in [0, 0.1) is 6.92 Å². The number of amides is 3. The summed E-state index contributed by atoms with van der Waals surface area (Å²) in [6.45, 7) is 7.54. The first kappa shape index (κ1) is 38.1. The minimum Gasteiger partial charge on any atom is -0.477 e. The Morgan fingerprint density at radius 2 is 1.92 bits per heavy atom. The van der Waals surface area contributed by atoms with E-state index < -0.39 is 17.8 Å². The molecule has 4 aromatic rings. The minimum absolute atomic E-state index is 0. The van der Waals surface area contributed by atoms with Gasteiger partial charge in [-0.1, -0.05) is 44.3 Å². The quantitative estimate of drug-likeness (QED) is 0.164. The van der Waals surface area contributed by atoms with E-state index in [2.05, 4.69) is 50.5 Å². The van der Waals surface area contributed by atoms with Crippen molar-refractivity contribution < 1.29 is 29.0 Å². The highest BCUT2D eigenvalue weighted by atomic mass is 35.5. The van der Waals surface area contributed by atoms with Crippen LogP contribution >= 0.6 is 12.4 Å². The summed E-state index contributed by atoms with van der Waals surface area (Å²) in [7, 11) is 1.66. The number of esters is 1. The molecule has 0 fully saturated rings. The van der Waals surface area contributed by atoms with Gasteiger partial charge in [0.25, 0.3) is 11.7 Å². The van der Waals surface area contributed by atoms with Crippen molar-refractivity contribution in [2.45, 2.75) is 52.7 Å². The van der Waals surface area contributed by atoms with Gasteiger partial charge in [0.1, 0.15) is 18.6 Å². The first-order valence-corrected chi connectivity index (χ1v) is 15.1. The summed E-state index contributed by atoms with van der Waals surface area (Å²) in [6, 6.07) is 10.7. The Morgan fingerprint density at radius 1 is 1.14 bits per heavy atom. The van der Waals surface area contributed by atoms with E-state index in [4.69, 9.17) is 10.5 Å². The van der Waals surface area contributed by atoms with E-state index in [1.165, 1.54) is 34.1 Å². The van der Waals surface area contributed by atoms with E-state index >= 15 is 0 Å². The molecule has 15 heteroatoms. The van der Waals surface area contributed by atoms with E-state index in [0.29, 0.717) is 31.5 Å². The molecule has 1 aliphatic heterocycles. The summed E-state index contributed by atoms with van der Waals surface area (Å²) in [5.41, 5.74) is 12.2. The van der Waals surface area contributed by atoms with Crippen molar-refractivity contribution in [3.63, 3.8) is 0 Å². The van der Waals surface area contributed by atoms with E-state index in [-0.39, 0.29) is 55.7 Å². The fourth-order valence-electron chi connectivity index (χ4n) is 5.85. The Labute approximate surface area is 290 Å². The van der Waals surface area contributed by atoms with Crippen LogP contribution in [-0.4, -0.2) is 73.7 Å². The van der Waals surface area contributed by atoms with Gasteiger partial charge in [0.15, 0.2) is 5.69 Å². The number of fused-ring (bicyclic) bond motifs is 3. The van der Waals surface area contributed by atoms with Crippen molar-refractivity contribution in [2.75, 3.05) is 20.2 Å². The van der Waals surface area contributed by atoms with Crippen molar-refractivity contribution in [2.24, 2.45) is 5.73 Å². The largest absolute Gasteiger partial charge is 0.477 e. The van der Waals surface area contributed by atoms with Crippen molar-refractivity contribution in [3.05, 3.63) is 106 Å². The summed E-state index contributed by atoms with van der Waals surface area (Å²) in [5.74, 6) is -2.16. The van der Waals surface area contributed by atoms with Gasteiger partial charge in [-0.2, -0.15) is 14.6 Å². The SMILES string of the molecule is C.C=CCOC(=O)c1ccc2c(c1C)CC[C@@H]2NC(=O)c1cc(C(=O)O)nc2ncnn12.CNC(=O)N1CCc2ccc(CN)cc2C1.Cl. The van der Waals surface area contributed by atoms with Crippen molar-refractivity contribution in [3.8, 4) is 0 Å². The summed E-state index contributed by atoms with van der Waals surface area (Å²) in [6.07, 6.45) is 4.96. The molecule has 49 heavy (non-hydrogen) atoms. The lowest BCUT2D eigenvalue weighted by atomic mass is 9.97. The maximum absolute atomic E-state index is 13.0. The van der Waals surface area contributed by atoms with E-state index in [1.54, 1.807) is 13.1 Å². The molecule has 0 spiro atoms. The zero-order valence-electron chi connectivity index (χ0n) is 26.6. The summed E-state index contributed by atoms with van der Waals surface area (Å²) in [5, 5.41) is 18.8. The lowest BCUT2D eigenvalue weighted by Crippen LogP contribution is -2.41. The second-order valence-corrected chi connectivity index (χ2v) is 11.1. The van der Waals surface area contributed by atoms with Crippen molar-refractivity contribution >= 4 is 42.1 Å². The van der Waals surface area contributed by atoms with E-state index in [0.717, 1.165) is 35.2 Å². The first-order valence-electron chi connectivity index (χ1n) is 15.1. The molecular formula is C34H41ClN8O6. The Bertz CT molecular complexity index is 1880. The van der Waals surface area contributed by atoms with Crippen LogP contribution in [-0.2, 0) is 30.7 Å². The summed E-state index contributed by atoms with van der Waals surface area (Å²) < 4.78 is 6.33. The van der Waals surface area contributed by atoms with Crippen LogP contribution in [0.4, 0.5) is 4.79 Å². The van der Waals surface area contributed by atoms with Gasteiger partial charge < -0.3 is 31.1 Å². The monoisotopic (exact) mass is 692 g/mol. The van der Waals surface area contributed by atoms with Crippen LogP contribution < -0.4 is 16.4 Å². The molecule has 1 aliphatic carbocycles. The van der Waals surface area contributed by atoms with Gasteiger partial charge in [-0.15, -0.1) is 12.4 Å². The van der Waals surface area contributed by atoms with Crippen LogP contribution in [0.3, 0.4) is 0 Å². The maximum atomic E-state index is 13.0. The average molecular weight is 693 g/mol. The Kier molecular flexibility index (Phi) is 13.0. The zero-order chi connectivity index (χ0) is 33.7. The standard InChI is InChI=1S/C21H19N5O5.C12H17N3O.CH4.ClH/c1-3-8-31-20(30)13-4-5-14-12(11(13)2)6-7-15(14)24-18(27)17-9-16(19(28)29)25-21-22-10-23-26(17)21;1-14-12(16)15-5-4-10-3-2-9(7-13)6-11(10)8-15;;/h3-5,9-10,15H,1,6-8H2,2H3,(H,24,27)(H,28,29);2-3,6H,4-5,7-8,13H2,1H3,(H,14,16);1H4;1H/t15-;;;/m0.../s1. The number of hydrogen-bond donors (Lipinski definition) is 4. The lowest BCUT2D eigenvalue weighted by molar-refractivity contribution is 0.0547. The smallest absolute Gasteiger partial charge is 0.354 e. The molecule has 260 valence electrons. The number of benzene rings is 2. The molecule has 3 amide bonds. The molecular weight excluding hydrogens is 652 g/mol. The number of halogens is 1. The second-order valence-electron chi connectivity index (χ2n) is 11.1. The third-order valence-corrected chi connectivity index (χ3v) is 8.27. The molecule has 5 N–H and O–H groups in total. The second kappa shape index (κ2) is 16.7. The topological polar surface area (TPSA) is 194 Å². The van der Waals surface area contributed by atoms with Gasteiger partial charge in [0, 0.05) is 32.7 Å². The molecule has 1 atom stereocenters. The highest BCUT2D eigenvalue weighted by Crippen LogP contribution is 2.35. The van der Waals surface area contributed by atoms with Gasteiger partial charge in [0.05, 0.1) is 11.6 Å². The molecule has 0 unspecified atom stereocenters. The number of nitrogens with two attached hydrogens (primary N) is 1. The van der Waals surface area contributed by atoms with Crippen LogP contribution in [0.25, 0.3) is 5.78 Å². The molecule has 6 rings (SSSR count). The fraction of sp³-hybridized carbons (Fsp3) is 0.324. The van der Waals surface area contributed by atoms with Crippen molar-refractivity contribution in [1.82, 2.24) is 35.1 Å². The molecule has 0 radical (unpaired) electrons. The van der Waals surface area contributed by atoms with Crippen molar-refractivity contribution in [1.29, 1.82) is 0 Å². The first-order chi connectivity index (χ1) is 22.6. The molecule has 2 aromatic carbocycles. The number of aromatic nitrogens is 4. The number of ether oxygens (including phenoxy) is 1. The molecule has 2 aromatic heterocycles. The van der Waals surface area contributed by atoms with Crippen LogP contribution in [0.2, 0.25) is 0 Å². The Hall–Kier alpha value is -5.34. The number of hydrogen-bond acceptors (Lipinski definition) is 9. The molecule has 0 bridgehead atoms. The van der Waals surface area contributed by atoms with Crippen LogP contribution in [0.15, 0.2) is 55.4 Å². The number of carboxylic acid groups (broad SMARTS) is 1. The lowest BCUT2D eigenvalue weighted by Gasteiger charge is -2.28. The maximum Gasteiger partial charge on any atom is 0.354 e. The minimum atomic E-state index is -1.27. The van der Waals surface area contributed by atoms with Gasteiger partial charge in [-0.3, -0.25) is 4.79 Å². The number of nitrogens with one attached hydrogen (secondary N) is 2. The van der Waals surface area contributed by atoms with E-state index in [1.807, 2.05) is 17.9 Å².